The van der Waals surface area contributed by atoms with E-state index in [9.17, 15) is 14.4 Å². The molecule has 23 heavy (non-hydrogen) atoms. The van der Waals surface area contributed by atoms with Crippen LogP contribution in [-0.4, -0.2) is 47.2 Å². The quantitative estimate of drug-likeness (QED) is 0.334. The Kier molecular flexibility index (Phi) is 8.30. The van der Waals surface area contributed by atoms with E-state index in [1.54, 1.807) is 7.05 Å². The molecule has 0 radical (unpaired) electrons. The minimum atomic E-state index is -0.473. The topological polar surface area (TPSA) is 57.7 Å². The van der Waals surface area contributed by atoms with Crippen LogP contribution in [0.15, 0.2) is 25.3 Å². The number of carbonyl (C=O) groups excluding carboxylic acids is 3. The van der Waals surface area contributed by atoms with Crippen molar-refractivity contribution in [2.75, 3.05) is 13.6 Å². The van der Waals surface area contributed by atoms with Gasteiger partial charge in [-0.25, -0.2) is 0 Å². The molecule has 5 heteroatoms. The standard InChI is InChI=1S/C18H28N2O3/c1-4-6-8-10-12-16(21)19(3)15-14-20(18(15)23)17(22)13-11-9-7-5-2/h4-5,15H,1-2,6-14H2,3H3/t15-/m0/s1. The maximum atomic E-state index is 12.1. The van der Waals surface area contributed by atoms with E-state index in [1.165, 1.54) is 9.80 Å². The highest BCUT2D eigenvalue weighted by atomic mass is 16.2. The van der Waals surface area contributed by atoms with Crippen LogP contribution in [0.2, 0.25) is 0 Å². The van der Waals surface area contributed by atoms with Gasteiger partial charge in [-0.3, -0.25) is 19.3 Å². The summed E-state index contributed by atoms with van der Waals surface area (Å²) >= 11 is 0. The summed E-state index contributed by atoms with van der Waals surface area (Å²) in [6, 6.07) is -0.473. The average molecular weight is 320 g/mol. The van der Waals surface area contributed by atoms with Crippen LogP contribution in [0.4, 0.5) is 0 Å². The minimum Gasteiger partial charge on any atom is -0.332 e. The molecule has 1 aliphatic heterocycles. The molecule has 0 unspecified atom stereocenters. The number of unbranched alkanes of at least 4 members (excludes halogenated alkanes) is 4. The Bertz CT molecular complexity index is 459. The maximum Gasteiger partial charge on any atom is 0.253 e. The zero-order valence-corrected chi connectivity index (χ0v) is 14.1. The predicted molar refractivity (Wildman–Crippen MR) is 90.6 cm³/mol. The Labute approximate surface area is 139 Å². The number of allylic oxidation sites excluding steroid dienone is 2. The fraction of sp³-hybridized carbons (Fsp3) is 0.611. The lowest BCUT2D eigenvalue weighted by Crippen LogP contribution is -2.65. The van der Waals surface area contributed by atoms with Gasteiger partial charge in [-0.1, -0.05) is 12.2 Å². The van der Waals surface area contributed by atoms with Crippen molar-refractivity contribution in [2.24, 2.45) is 0 Å². The number of β-lactam (4-membered cyclic amide) rings is 1. The van der Waals surface area contributed by atoms with Crippen molar-refractivity contribution in [3.05, 3.63) is 25.3 Å². The molecule has 128 valence electrons. The number of likely N-dealkylation sites (N-methyl/N-ethyl adjacent to an activating group) is 1. The van der Waals surface area contributed by atoms with Gasteiger partial charge in [-0.2, -0.15) is 0 Å². The molecule has 0 aromatic carbocycles. The van der Waals surface area contributed by atoms with Crippen LogP contribution in [0.1, 0.15) is 51.4 Å². The van der Waals surface area contributed by atoms with Gasteiger partial charge in [0, 0.05) is 19.9 Å². The van der Waals surface area contributed by atoms with Gasteiger partial charge in [0.25, 0.3) is 5.91 Å². The van der Waals surface area contributed by atoms with Crippen molar-refractivity contribution in [2.45, 2.75) is 57.4 Å². The van der Waals surface area contributed by atoms with Crippen molar-refractivity contribution in [1.82, 2.24) is 9.80 Å². The number of nitrogens with zero attached hydrogens (tertiary/aromatic N) is 2. The fourth-order valence-electron chi connectivity index (χ4n) is 2.54. The van der Waals surface area contributed by atoms with E-state index in [-0.39, 0.29) is 17.7 Å². The SMILES string of the molecule is C=CCCCCC(=O)N1C[C@H](N(C)C(=O)CCCCC=C)C1=O. The molecule has 0 aromatic heterocycles. The summed E-state index contributed by atoms with van der Waals surface area (Å²) in [4.78, 5) is 38.8. The van der Waals surface area contributed by atoms with Crippen LogP contribution in [0, 0.1) is 0 Å². The Morgan fingerprint density at radius 2 is 1.70 bits per heavy atom. The number of hydrogen-bond acceptors (Lipinski definition) is 3. The van der Waals surface area contributed by atoms with Crippen molar-refractivity contribution in [1.29, 1.82) is 0 Å². The van der Waals surface area contributed by atoms with E-state index in [1.807, 2.05) is 12.2 Å². The summed E-state index contributed by atoms with van der Waals surface area (Å²) in [6.45, 7) is 7.61. The van der Waals surface area contributed by atoms with Gasteiger partial charge in [-0.05, 0) is 38.5 Å². The van der Waals surface area contributed by atoms with Crippen molar-refractivity contribution in [3.63, 3.8) is 0 Å². The number of likely N-dealkylation sites (tertiary alicyclic amines) is 1. The van der Waals surface area contributed by atoms with Gasteiger partial charge in [0.1, 0.15) is 6.04 Å². The smallest absolute Gasteiger partial charge is 0.253 e. The molecule has 5 nitrogen and oxygen atoms in total. The van der Waals surface area contributed by atoms with E-state index >= 15 is 0 Å². The highest BCUT2D eigenvalue weighted by molar-refractivity contribution is 6.04. The Morgan fingerprint density at radius 3 is 2.22 bits per heavy atom. The zero-order chi connectivity index (χ0) is 17.2. The van der Waals surface area contributed by atoms with Gasteiger partial charge in [0.2, 0.25) is 11.8 Å². The maximum absolute atomic E-state index is 12.1. The Morgan fingerprint density at radius 1 is 1.13 bits per heavy atom. The number of imide groups is 1. The summed E-state index contributed by atoms with van der Waals surface area (Å²) in [7, 11) is 1.64. The number of amides is 3. The molecule has 0 aromatic rings. The number of hydrogen-bond donors (Lipinski definition) is 0. The van der Waals surface area contributed by atoms with Crippen molar-refractivity contribution >= 4 is 17.7 Å². The second-order valence-corrected chi connectivity index (χ2v) is 5.93. The molecule has 0 bridgehead atoms. The van der Waals surface area contributed by atoms with Crippen LogP contribution in [0.3, 0.4) is 0 Å². The third-order valence-electron chi connectivity index (χ3n) is 4.17. The van der Waals surface area contributed by atoms with E-state index in [0.717, 1.165) is 38.5 Å². The van der Waals surface area contributed by atoms with Gasteiger partial charge in [0.05, 0.1) is 6.54 Å². The first-order chi connectivity index (χ1) is 11.0. The predicted octanol–water partition coefficient (Wildman–Crippen LogP) is 2.68. The molecular weight excluding hydrogens is 292 g/mol. The lowest BCUT2D eigenvalue weighted by Gasteiger charge is -2.41. The lowest BCUT2D eigenvalue weighted by molar-refractivity contribution is -0.163. The fourth-order valence-corrected chi connectivity index (χ4v) is 2.54. The summed E-state index contributed by atoms with van der Waals surface area (Å²) in [6.07, 6.45) is 9.64. The summed E-state index contributed by atoms with van der Waals surface area (Å²) < 4.78 is 0. The molecule has 0 N–H and O–H groups in total. The van der Waals surface area contributed by atoms with Crippen LogP contribution in [0.25, 0.3) is 0 Å². The molecule has 0 aliphatic carbocycles. The highest BCUT2D eigenvalue weighted by Gasteiger charge is 2.43. The largest absolute Gasteiger partial charge is 0.332 e. The third-order valence-corrected chi connectivity index (χ3v) is 4.17. The first-order valence-electron chi connectivity index (χ1n) is 8.34. The van der Waals surface area contributed by atoms with Gasteiger partial charge >= 0.3 is 0 Å². The van der Waals surface area contributed by atoms with Gasteiger partial charge in [-0.15, -0.1) is 13.2 Å². The van der Waals surface area contributed by atoms with Crippen LogP contribution < -0.4 is 0 Å². The molecule has 1 rings (SSSR count). The summed E-state index contributed by atoms with van der Waals surface area (Å²) in [5.41, 5.74) is 0. The molecule has 1 aliphatic rings. The highest BCUT2D eigenvalue weighted by Crippen LogP contribution is 2.19. The van der Waals surface area contributed by atoms with Crippen LogP contribution in [-0.2, 0) is 14.4 Å². The summed E-state index contributed by atoms with van der Waals surface area (Å²) in [5, 5.41) is 0. The lowest BCUT2D eigenvalue weighted by atomic mass is 10.0. The van der Waals surface area contributed by atoms with Crippen molar-refractivity contribution < 1.29 is 14.4 Å². The first-order valence-corrected chi connectivity index (χ1v) is 8.34. The third kappa shape index (κ3) is 5.66. The minimum absolute atomic E-state index is 0.0366. The Hall–Kier alpha value is -1.91. The molecule has 1 fully saturated rings. The molecular formula is C18H28N2O3. The molecule has 1 atom stereocenters. The number of rotatable bonds is 11. The molecule has 0 spiro atoms. The van der Waals surface area contributed by atoms with E-state index < -0.39 is 6.04 Å². The average Bonchev–Trinajstić information content (AvgIpc) is 2.53. The second kappa shape index (κ2) is 9.98. The molecule has 3 amide bonds. The van der Waals surface area contributed by atoms with Crippen molar-refractivity contribution in [3.8, 4) is 0 Å². The van der Waals surface area contributed by atoms with E-state index in [2.05, 4.69) is 13.2 Å². The van der Waals surface area contributed by atoms with Crippen LogP contribution >= 0.6 is 0 Å². The van der Waals surface area contributed by atoms with Crippen LogP contribution in [0.5, 0.6) is 0 Å². The Balaban J connectivity index is 2.31. The summed E-state index contributed by atoms with van der Waals surface area (Å²) in [5.74, 6) is -0.423. The first kappa shape index (κ1) is 19.1. The number of carbonyl (C=O) groups is 3. The zero-order valence-electron chi connectivity index (χ0n) is 14.1. The second-order valence-electron chi connectivity index (χ2n) is 5.93. The van der Waals surface area contributed by atoms with E-state index in [0.29, 0.717) is 19.4 Å². The van der Waals surface area contributed by atoms with E-state index in [4.69, 9.17) is 0 Å². The van der Waals surface area contributed by atoms with Gasteiger partial charge < -0.3 is 4.90 Å². The monoisotopic (exact) mass is 320 g/mol. The molecule has 1 saturated heterocycles. The van der Waals surface area contributed by atoms with Gasteiger partial charge in [0.15, 0.2) is 0 Å². The molecule has 0 saturated carbocycles. The normalized spacial score (nSPS) is 16.7. The molecule has 1 heterocycles.